The zero-order valence-electron chi connectivity index (χ0n) is 19.6. The number of carbonyl (C=O) groups excluding carboxylic acids is 1. The van der Waals surface area contributed by atoms with Gasteiger partial charge in [-0.05, 0) is 60.5 Å². The predicted molar refractivity (Wildman–Crippen MR) is 143 cm³/mol. The third-order valence-electron chi connectivity index (χ3n) is 5.90. The fourth-order valence-corrected chi connectivity index (χ4v) is 5.32. The number of carbonyl (C=O) groups is 1. The van der Waals surface area contributed by atoms with Gasteiger partial charge in [-0.25, -0.2) is 4.99 Å². The molecule has 0 bridgehead atoms. The summed E-state index contributed by atoms with van der Waals surface area (Å²) in [6.45, 7) is 1.80. The standard InChI is InChI=1S/C28H22ClN3O3S/c1-17-24(26(33)31-21-6-4-3-5-7-21)25(19-10-12-20(29)13-11-19)32-27(34)23(36-28(32)30-17)16-18-8-14-22(35-2)15-9-18/h3-16,25H,1-2H3,(H,31,33)/b23-16-. The summed E-state index contributed by atoms with van der Waals surface area (Å²) in [6.07, 6.45) is 1.82. The second-order valence-electron chi connectivity index (χ2n) is 8.23. The van der Waals surface area contributed by atoms with Gasteiger partial charge in [-0.2, -0.15) is 0 Å². The molecule has 6 nitrogen and oxygen atoms in total. The summed E-state index contributed by atoms with van der Waals surface area (Å²) >= 11 is 7.44. The lowest BCUT2D eigenvalue weighted by Crippen LogP contribution is -2.40. The van der Waals surface area contributed by atoms with Crippen LogP contribution in [0.4, 0.5) is 5.69 Å². The molecule has 0 saturated heterocycles. The molecule has 180 valence electrons. The number of para-hydroxylation sites is 1. The van der Waals surface area contributed by atoms with E-state index in [0.29, 0.717) is 31.3 Å². The lowest BCUT2D eigenvalue weighted by Gasteiger charge is -2.25. The van der Waals surface area contributed by atoms with Crippen LogP contribution in [0.25, 0.3) is 6.08 Å². The Labute approximate surface area is 216 Å². The number of aromatic nitrogens is 1. The fraction of sp³-hybridized carbons (Fsp3) is 0.107. The molecule has 1 atom stereocenters. The number of thiazole rings is 1. The Morgan fingerprint density at radius 3 is 2.42 bits per heavy atom. The third kappa shape index (κ3) is 4.63. The average Bonchev–Trinajstić information content (AvgIpc) is 3.19. The highest BCUT2D eigenvalue weighted by Gasteiger charge is 2.32. The number of fused-ring (bicyclic) bond motifs is 1. The van der Waals surface area contributed by atoms with Crippen LogP contribution >= 0.6 is 22.9 Å². The molecular weight excluding hydrogens is 494 g/mol. The minimum Gasteiger partial charge on any atom is -0.497 e. The zero-order chi connectivity index (χ0) is 25.2. The van der Waals surface area contributed by atoms with Crippen LogP contribution in [0, 0.1) is 0 Å². The van der Waals surface area contributed by atoms with Crippen molar-refractivity contribution >= 4 is 40.6 Å². The van der Waals surface area contributed by atoms with Gasteiger partial charge in [-0.1, -0.05) is 65.4 Å². The van der Waals surface area contributed by atoms with Crippen molar-refractivity contribution in [3.63, 3.8) is 0 Å². The van der Waals surface area contributed by atoms with Crippen molar-refractivity contribution in [1.82, 2.24) is 4.57 Å². The minimum absolute atomic E-state index is 0.216. The fourth-order valence-electron chi connectivity index (χ4n) is 4.14. The van der Waals surface area contributed by atoms with Gasteiger partial charge < -0.3 is 10.1 Å². The first-order valence-electron chi connectivity index (χ1n) is 11.2. The summed E-state index contributed by atoms with van der Waals surface area (Å²) in [6, 6.07) is 23.2. The van der Waals surface area contributed by atoms with Crippen LogP contribution < -0.4 is 24.9 Å². The minimum atomic E-state index is -0.653. The number of hydrogen-bond acceptors (Lipinski definition) is 5. The third-order valence-corrected chi connectivity index (χ3v) is 7.13. The van der Waals surface area contributed by atoms with Crippen LogP contribution in [-0.4, -0.2) is 17.6 Å². The number of amides is 1. The van der Waals surface area contributed by atoms with Crippen molar-refractivity contribution in [3.8, 4) is 5.75 Å². The predicted octanol–water partition coefficient (Wildman–Crippen LogP) is 4.54. The first-order valence-corrected chi connectivity index (χ1v) is 12.4. The van der Waals surface area contributed by atoms with Gasteiger partial charge in [0.05, 0.1) is 29.0 Å². The molecule has 8 heteroatoms. The van der Waals surface area contributed by atoms with Gasteiger partial charge >= 0.3 is 0 Å². The largest absolute Gasteiger partial charge is 0.497 e. The van der Waals surface area contributed by atoms with Crippen LogP contribution in [0.2, 0.25) is 5.02 Å². The maximum atomic E-state index is 13.7. The molecule has 0 spiro atoms. The van der Waals surface area contributed by atoms with Crippen LogP contribution in [-0.2, 0) is 4.79 Å². The number of methoxy groups -OCH3 is 1. The van der Waals surface area contributed by atoms with E-state index in [4.69, 9.17) is 16.3 Å². The van der Waals surface area contributed by atoms with Crippen molar-refractivity contribution in [2.24, 2.45) is 4.99 Å². The first-order chi connectivity index (χ1) is 17.4. The normalized spacial score (nSPS) is 15.3. The average molecular weight is 516 g/mol. The Hall–Kier alpha value is -3.94. The number of rotatable bonds is 5. The molecule has 0 radical (unpaired) electrons. The van der Waals surface area contributed by atoms with E-state index in [9.17, 15) is 9.59 Å². The summed E-state index contributed by atoms with van der Waals surface area (Å²) < 4.78 is 7.34. The molecule has 36 heavy (non-hydrogen) atoms. The Kier molecular flexibility index (Phi) is 6.59. The molecule has 0 aliphatic carbocycles. The Morgan fingerprint density at radius 2 is 1.75 bits per heavy atom. The van der Waals surface area contributed by atoms with E-state index in [0.717, 1.165) is 16.9 Å². The lowest BCUT2D eigenvalue weighted by atomic mass is 9.95. The molecule has 4 aromatic rings. The van der Waals surface area contributed by atoms with E-state index in [1.54, 1.807) is 30.7 Å². The van der Waals surface area contributed by atoms with E-state index in [1.165, 1.54) is 11.3 Å². The zero-order valence-corrected chi connectivity index (χ0v) is 21.1. The Bertz CT molecular complexity index is 1640. The van der Waals surface area contributed by atoms with Crippen LogP contribution in [0.15, 0.2) is 99.9 Å². The molecule has 1 aliphatic heterocycles. The number of anilines is 1. The number of ether oxygens (including phenoxy) is 1. The summed E-state index contributed by atoms with van der Waals surface area (Å²) in [4.78, 5) is 32.4. The molecule has 1 amide bonds. The second kappa shape index (κ2) is 9.97. The Balaban J connectivity index is 1.65. The maximum absolute atomic E-state index is 13.7. The highest BCUT2D eigenvalue weighted by Crippen LogP contribution is 2.31. The number of nitrogens with zero attached hydrogens (tertiary/aromatic N) is 2. The molecule has 1 unspecified atom stereocenters. The van der Waals surface area contributed by atoms with Gasteiger partial charge in [-0.3, -0.25) is 14.2 Å². The molecule has 0 saturated carbocycles. The first kappa shape index (κ1) is 23.8. The Morgan fingerprint density at radius 1 is 1.06 bits per heavy atom. The second-order valence-corrected chi connectivity index (χ2v) is 9.67. The number of nitrogens with one attached hydrogen (secondary N) is 1. The smallest absolute Gasteiger partial charge is 0.271 e. The topological polar surface area (TPSA) is 72.7 Å². The SMILES string of the molecule is COc1ccc(/C=c2\sc3n(c2=O)C(c2ccc(Cl)cc2)C(C(=O)Nc2ccccc2)=C(C)N=3)cc1. The molecule has 1 aromatic heterocycles. The number of allylic oxidation sites excluding steroid dienone is 1. The van der Waals surface area contributed by atoms with Gasteiger partial charge in [0.25, 0.3) is 11.5 Å². The number of benzene rings is 3. The van der Waals surface area contributed by atoms with Gasteiger partial charge in [0.1, 0.15) is 5.75 Å². The lowest BCUT2D eigenvalue weighted by molar-refractivity contribution is -0.113. The maximum Gasteiger partial charge on any atom is 0.271 e. The van der Waals surface area contributed by atoms with E-state index < -0.39 is 6.04 Å². The van der Waals surface area contributed by atoms with Crippen molar-refractivity contribution in [1.29, 1.82) is 0 Å². The van der Waals surface area contributed by atoms with Crippen LogP contribution in [0.5, 0.6) is 5.75 Å². The van der Waals surface area contributed by atoms with Gasteiger partial charge in [0, 0.05) is 10.7 Å². The van der Waals surface area contributed by atoms with Gasteiger partial charge in [0.2, 0.25) is 0 Å². The van der Waals surface area contributed by atoms with E-state index >= 15 is 0 Å². The van der Waals surface area contributed by atoms with Crippen LogP contribution in [0.3, 0.4) is 0 Å². The molecule has 3 aromatic carbocycles. The number of halogens is 1. The monoisotopic (exact) mass is 515 g/mol. The summed E-state index contributed by atoms with van der Waals surface area (Å²) in [5.41, 5.74) is 3.04. The van der Waals surface area contributed by atoms with Crippen molar-refractivity contribution in [3.05, 3.63) is 126 Å². The highest BCUT2D eigenvalue weighted by molar-refractivity contribution is 7.07. The molecule has 5 rings (SSSR count). The molecule has 2 heterocycles. The van der Waals surface area contributed by atoms with Crippen molar-refractivity contribution < 1.29 is 9.53 Å². The summed E-state index contributed by atoms with van der Waals surface area (Å²) in [5, 5.41) is 3.52. The summed E-state index contributed by atoms with van der Waals surface area (Å²) in [7, 11) is 1.61. The molecular formula is C28H22ClN3O3S. The van der Waals surface area contributed by atoms with E-state index in [1.807, 2.05) is 72.8 Å². The molecule has 1 aliphatic rings. The van der Waals surface area contributed by atoms with E-state index in [-0.39, 0.29) is 11.5 Å². The quantitative estimate of drug-likeness (QED) is 0.424. The van der Waals surface area contributed by atoms with Gasteiger partial charge in [-0.15, -0.1) is 0 Å². The highest BCUT2D eigenvalue weighted by atomic mass is 35.5. The van der Waals surface area contributed by atoms with E-state index in [2.05, 4.69) is 10.3 Å². The van der Waals surface area contributed by atoms with Crippen LogP contribution in [0.1, 0.15) is 24.1 Å². The van der Waals surface area contributed by atoms with Crippen molar-refractivity contribution in [2.75, 3.05) is 12.4 Å². The molecule has 1 N–H and O–H groups in total. The molecule has 0 fully saturated rings. The number of hydrogen-bond donors (Lipinski definition) is 1. The van der Waals surface area contributed by atoms with Gasteiger partial charge in [0.15, 0.2) is 4.80 Å². The summed E-state index contributed by atoms with van der Waals surface area (Å²) in [5.74, 6) is 0.424. The van der Waals surface area contributed by atoms with Crippen molar-refractivity contribution in [2.45, 2.75) is 13.0 Å².